The normalized spacial score (nSPS) is 11.9. The third-order valence-electron chi connectivity index (χ3n) is 4.11. The molecule has 0 radical (unpaired) electrons. The fourth-order valence-corrected chi connectivity index (χ4v) is 2.44. The van der Waals surface area contributed by atoms with Gasteiger partial charge in [-0.1, -0.05) is 0 Å². The number of rotatable bonds is 6. The first-order chi connectivity index (χ1) is 12.1. The van der Waals surface area contributed by atoms with E-state index in [-0.39, 0.29) is 12.1 Å². The molecule has 3 aromatic rings. The van der Waals surface area contributed by atoms with Gasteiger partial charge in [-0.15, -0.1) is 0 Å². The van der Waals surface area contributed by atoms with Crippen LogP contribution >= 0.6 is 0 Å². The lowest BCUT2D eigenvalue weighted by molar-refractivity contribution is 0.201. The smallest absolute Gasteiger partial charge is 0.323 e. The van der Waals surface area contributed by atoms with E-state index in [0.717, 1.165) is 18.7 Å². The lowest BCUT2D eigenvalue weighted by Gasteiger charge is -2.23. The van der Waals surface area contributed by atoms with E-state index in [4.69, 9.17) is 4.42 Å². The Morgan fingerprint density at radius 1 is 1.32 bits per heavy atom. The fraction of sp³-hybridized carbons (Fsp3) is 0.278. The molecule has 25 heavy (non-hydrogen) atoms. The Hall–Kier alpha value is -3.09. The zero-order chi connectivity index (χ0) is 17.6. The first-order valence-corrected chi connectivity index (χ1v) is 8.13. The van der Waals surface area contributed by atoms with Gasteiger partial charge in [-0.2, -0.15) is 5.10 Å². The van der Waals surface area contributed by atoms with Crippen LogP contribution in [0.5, 0.6) is 0 Å². The highest BCUT2D eigenvalue weighted by Crippen LogP contribution is 2.19. The standard InChI is InChI=1S/C18H21N5O2/c1-14(16-4-3-13-25-16)22(2)18(24)20-17-8-12-23(21-17)11-7-15-5-9-19-10-6-15/h3-6,8-10,12-14H,7,11H2,1-2H3,(H,20,21,24)/t14-/m0/s1. The average molecular weight is 339 g/mol. The maximum atomic E-state index is 12.4. The van der Waals surface area contributed by atoms with Crippen LogP contribution in [0.15, 0.2) is 59.6 Å². The van der Waals surface area contributed by atoms with E-state index >= 15 is 0 Å². The molecule has 0 aliphatic heterocycles. The molecule has 0 aromatic carbocycles. The van der Waals surface area contributed by atoms with Crippen LogP contribution in [-0.4, -0.2) is 32.7 Å². The van der Waals surface area contributed by atoms with E-state index in [1.165, 1.54) is 5.56 Å². The summed E-state index contributed by atoms with van der Waals surface area (Å²) in [6.45, 7) is 2.64. The number of nitrogens with one attached hydrogen (secondary N) is 1. The van der Waals surface area contributed by atoms with Crippen LogP contribution in [0.2, 0.25) is 0 Å². The quantitative estimate of drug-likeness (QED) is 0.747. The Morgan fingerprint density at radius 3 is 2.84 bits per heavy atom. The zero-order valence-corrected chi connectivity index (χ0v) is 14.3. The molecule has 1 atom stereocenters. The van der Waals surface area contributed by atoms with E-state index < -0.39 is 0 Å². The number of nitrogens with zero attached hydrogens (tertiary/aromatic N) is 4. The molecule has 0 bridgehead atoms. The molecule has 7 heteroatoms. The lowest BCUT2D eigenvalue weighted by Crippen LogP contribution is -2.33. The number of hydrogen-bond acceptors (Lipinski definition) is 4. The number of aromatic nitrogens is 3. The Kier molecular flexibility index (Phi) is 5.13. The monoisotopic (exact) mass is 339 g/mol. The van der Waals surface area contributed by atoms with Crippen molar-refractivity contribution in [3.05, 3.63) is 66.5 Å². The van der Waals surface area contributed by atoms with Crippen molar-refractivity contribution >= 4 is 11.8 Å². The van der Waals surface area contributed by atoms with E-state index in [9.17, 15) is 4.79 Å². The second-order valence-corrected chi connectivity index (χ2v) is 5.80. The number of anilines is 1. The number of carbonyl (C=O) groups is 1. The van der Waals surface area contributed by atoms with Crippen LogP contribution in [0.1, 0.15) is 24.3 Å². The third kappa shape index (κ3) is 4.26. The summed E-state index contributed by atoms with van der Waals surface area (Å²) in [5, 5.41) is 7.20. The maximum Gasteiger partial charge on any atom is 0.323 e. The minimum absolute atomic E-state index is 0.163. The molecule has 7 nitrogen and oxygen atoms in total. The van der Waals surface area contributed by atoms with Crippen LogP contribution < -0.4 is 5.32 Å². The van der Waals surface area contributed by atoms with E-state index in [0.29, 0.717) is 5.82 Å². The van der Waals surface area contributed by atoms with Crippen molar-refractivity contribution in [2.45, 2.75) is 25.9 Å². The number of carbonyl (C=O) groups excluding carboxylic acids is 1. The third-order valence-corrected chi connectivity index (χ3v) is 4.11. The summed E-state index contributed by atoms with van der Waals surface area (Å²) < 4.78 is 7.16. The van der Waals surface area contributed by atoms with Crippen LogP contribution in [0, 0.1) is 0 Å². The van der Waals surface area contributed by atoms with Gasteiger partial charge in [0, 0.05) is 38.2 Å². The number of hydrogen-bond donors (Lipinski definition) is 1. The largest absolute Gasteiger partial charge is 0.467 e. The van der Waals surface area contributed by atoms with Crippen LogP contribution in [0.25, 0.3) is 0 Å². The van der Waals surface area contributed by atoms with Crippen molar-refractivity contribution in [2.24, 2.45) is 0 Å². The van der Waals surface area contributed by atoms with Crippen LogP contribution in [0.3, 0.4) is 0 Å². The van der Waals surface area contributed by atoms with Gasteiger partial charge in [0.05, 0.1) is 12.3 Å². The molecule has 130 valence electrons. The van der Waals surface area contributed by atoms with Gasteiger partial charge < -0.3 is 9.32 Å². The molecule has 3 heterocycles. The summed E-state index contributed by atoms with van der Waals surface area (Å²) in [4.78, 5) is 17.9. The molecule has 0 saturated heterocycles. The summed E-state index contributed by atoms with van der Waals surface area (Å²) in [5.74, 6) is 1.26. The van der Waals surface area contributed by atoms with Crippen LogP contribution in [-0.2, 0) is 13.0 Å². The molecule has 0 saturated carbocycles. The zero-order valence-electron chi connectivity index (χ0n) is 14.3. The summed E-state index contributed by atoms with van der Waals surface area (Å²) in [6, 6.07) is 9.01. The highest BCUT2D eigenvalue weighted by atomic mass is 16.3. The van der Waals surface area contributed by atoms with Crippen LogP contribution in [0.4, 0.5) is 10.6 Å². The fourth-order valence-electron chi connectivity index (χ4n) is 2.44. The van der Waals surface area contributed by atoms with E-state index in [1.807, 2.05) is 42.1 Å². The second kappa shape index (κ2) is 7.65. The highest BCUT2D eigenvalue weighted by molar-refractivity contribution is 5.88. The van der Waals surface area contributed by atoms with Gasteiger partial charge in [0.2, 0.25) is 0 Å². The van der Waals surface area contributed by atoms with Crippen molar-refractivity contribution in [1.82, 2.24) is 19.7 Å². The van der Waals surface area contributed by atoms with Gasteiger partial charge >= 0.3 is 6.03 Å². The van der Waals surface area contributed by atoms with Gasteiger partial charge in [-0.3, -0.25) is 15.0 Å². The van der Waals surface area contributed by atoms with Crippen molar-refractivity contribution < 1.29 is 9.21 Å². The lowest BCUT2D eigenvalue weighted by atomic mass is 10.2. The van der Waals surface area contributed by atoms with Crippen molar-refractivity contribution in [3.8, 4) is 0 Å². The molecule has 0 aliphatic carbocycles. The SMILES string of the molecule is C[C@@H](c1ccco1)N(C)C(=O)Nc1ccn(CCc2ccncc2)n1. The average Bonchev–Trinajstić information content (AvgIpc) is 3.31. The summed E-state index contributed by atoms with van der Waals surface area (Å²) in [5.41, 5.74) is 1.20. The van der Waals surface area contributed by atoms with Crippen molar-refractivity contribution in [1.29, 1.82) is 0 Å². The minimum Gasteiger partial charge on any atom is -0.467 e. The van der Waals surface area contributed by atoms with E-state index in [2.05, 4.69) is 15.4 Å². The molecule has 0 spiro atoms. The Balaban J connectivity index is 1.54. The Labute approximate surface area is 146 Å². The van der Waals surface area contributed by atoms with Gasteiger partial charge in [0.1, 0.15) is 5.76 Å². The molecule has 0 aliphatic rings. The van der Waals surface area contributed by atoms with E-state index in [1.54, 1.807) is 36.7 Å². The molecule has 0 fully saturated rings. The van der Waals surface area contributed by atoms with Crippen molar-refractivity contribution in [2.75, 3.05) is 12.4 Å². The summed E-state index contributed by atoms with van der Waals surface area (Å²) in [7, 11) is 1.73. The number of amides is 2. The number of pyridine rings is 1. The number of aryl methyl sites for hydroxylation is 2. The van der Waals surface area contributed by atoms with Gasteiger partial charge in [-0.05, 0) is 43.2 Å². The molecule has 2 amide bonds. The topological polar surface area (TPSA) is 76.2 Å². The van der Waals surface area contributed by atoms with Gasteiger partial charge in [0.25, 0.3) is 0 Å². The Bertz CT molecular complexity index is 798. The second-order valence-electron chi connectivity index (χ2n) is 5.80. The summed E-state index contributed by atoms with van der Waals surface area (Å²) >= 11 is 0. The highest BCUT2D eigenvalue weighted by Gasteiger charge is 2.20. The molecule has 1 N–H and O–H groups in total. The molecular formula is C18H21N5O2. The molecule has 3 rings (SSSR count). The van der Waals surface area contributed by atoms with Gasteiger partial charge in [-0.25, -0.2) is 4.79 Å². The first-order valence-electron chi connectivity index (χ1n) is 8.13. The molecular weight excluding hydrogens is 318 g/mol. The Morgan fingerprint density at radius 2 is 2.12 bits per heavy atom. The summed E-state index contributed by atoms with van der Waals surface area (Å²) in [6.07, 6.45) is 7.86. The number of furan rings is 1. The number of urea groups is 1. The molecule has 3 aromatic heterocycles. The van der Waals surface area contributed by atoms with Crippen molar-refractivity contribution in [3.63, 3.8) is 0 Å². The molecule has 0 unspecified atom stereocenters. The predicted octanol–water partition coefficient (Wildman–Crippen LogP) is 3.34. The maximum absolute atomic E-state index is 12.4. The van der Waals surface area contributed by atoms with Gasteiger partial charge in [0.15, 0.2) is 5.82 Å². The first kappa shape index (κ1) is 16.8. The predicted molar refractivity (Wildman–Crippen MR) is 94.1 cm³/mol. The minimum atomic E-state index is -0.233.